The van der Waals surface area contributed by atoms with Crippen molar-refractivity contribution in [1.82, 2.24) is 19.3 Å². The van der Waals surface area contributed by atoms with Crippen LogP contribution < -0.4 is 10.5 Å². The van der Waals surface area contributed by atoms with E-state index in [-0.39, 0.29) is 5.63 Å². The van der Waals surface area contributed by atoms with Crippen molar-refractivity contribution >= 4 is 22.3 Å². The van der Waals surface area contributed by atoms with Crippen LogP contribution in [-0.2, 0) is 0 Å². The summed E-state index contributed by atoms with van der Waals surface area (Å²) in [4.78, 5) is 26.6. The minimum absolute atomic E-state index is 0.374. The van der Waals surface area contributed by atoms with Gasteiger partial charge in [0.05, 0.1) is 22.6 Å². The van der Waals surface area contributed by atoms with Gasteiger partial charge in [-0.3, -0.25) is 4.98 Å². The molecular formula is C23H25N5O2. The maximum absolute atomic E-state index is 12.8. The van der Waals surface area contributed by atoms with Crippen molar-refractivity contribution in [3.8, 4) is 11.3 Å². The highest BCUT2D eigenvalue weighted by Crippen LogP contribution is 2.26. The number of likely N-dealkylation sites (N-methyl/N-ethyl adjacent to an activating group) is 1. The Balaban J connectivity index is 1.54. The minimum atomic E-state index is -0.374. The van der Waals surface area contributed by atoms with E-state index < -0.39 is 0 Å². The number of aryl methyl sites for hydroxylation is 2. The predicted octanol–water partition coefficient (Wildman–Crippen LogP) is 3.26. The Labute approximate surface area is 174 Å². The molecular weight excluding hydrogens is 378 g/mol. The first-order chi connectivity index (χ1) is 14.5. The van der Waals surface area contributed by atoms with Gasteiger partial charge in [-0.15, -0.1) is 0 Å². The van der Waals surface area contributed by atoms with Gasteiger partial charge < -0.3 is 18.6 Å². The smallest absolute Gasteiger partial charge is 0.345 e. The Morgan fingerprint density at radius 1 is 1.00 bits per heavy atom. The third-order valence-electron chi connectivity index (χ3n) is 5.81. The molecule has 154 valence electrons. The average Bonchev–Trinajstić information content (AvgIpc) is 3.01. The Kier molecular flexibility index (Phi) is 4.55. The van der Waals surface area contributed by atoms with E-state index in [0.29, 0.717) is 16.8 Å². The van der Waals surface area contributed by atoms with E-state index >= 15 is 0 Å². The number of anilines is 1. The number of hydrogen-bond acceptors (Lipinski definition) is 6. The monoisotopic (exact) mass is 403 g/mol. The van der Waals surface area contributed by atoms with E-state index in [2.05, 4.69) is 32.9 Å². The molecule has 30 heavy (non-hydrogen) atoms. The van der Waals surface area contributed by atoms with Gasteiger partial charge in [-0.25, -0.2) is 9.78 Å². The summed E-state index contributed by atoms with van der Waals surface area (Å²) in [5.74, 6) is 0. The number of fused-ring (bicyclic) bond motifs is 2. The van der Waals surface area contributed by atoms with Crippen molar-refractivity contribution in [1.29, 1.82) is 0 Å². The molecule has 1 fully saturated rings. The highest BCUT2D eigenvalue weighted by Gasteiger charge is 2.16. The molecule has 0 spiro atoms. The second-order valence-corrected chi connectivity index (χ2v) is 8.14. The summed E-state index contributed by atoms with van der Waals surface area (Å²) in [5, 5.41) is 0.892. The van der Waals surface area contributed by atoms with Gasteiger partial charge in [-0.2, -0.15) is 0 Å². The van der Waals surface area contributed by atoms with Crippen LogP contribution in [0, 0.1) is 13.8 Å². The van der Waals surface area contributed by atoms with Crippen LogP contribution >= 0.6 is 0 Å². The predicted molar refractivity (Wildman–Crippen MR) is 118 cm³/mol. The van der Waals surface area contributed by atoms with Crippen LogP contribution in [0.2, 0.25) is 0 Å². The molecule has 0 aliphatic carbocycles. The molecule has 7 heteroatoms. The third kappa shape index (κ3) is 3.35. The Morgan fingerprint density at radius 2 is 1.87 bits per heavy atom. The van der Waals surface area contributed by atoms with Gasteiger partial charge in [0.1, 0.15) is 5.58 Å². The van der Waals surface area contributed by atoms with E-state index in [4.69, 9.17) is 4.42 Å². The Bertz CT molecular complexity index is 1310. The second kappa shape index (κ2) is 7.25. The van der Waals surface area contributed by atoms with E-state index in [1.54, 1.807) is 0 Å². The van der Waals surface area contributed by atoms with Crippen molar-refractivity contribution in [2.24, 2.45) is 0 Å². The number of aromatic nitrogens is 3. The first-order valence-electron chi connectivity index (χ1n) is 10.3. The lowest BCUT2D eigenvalue weighted by atomic mass is 10.1. The molecule has 3 aromatic heterocycles. The number of nitrogens with zero attached hydrogens (tertiary/aromatic N) is 5. The van der Waals surface area contributed by atoms with Gasteiger partial charge in [0, 0.05) is 49.2 Å². The maximum atomic E-state index is 12.8. The lowest BCUT2D eigenvalue weighted by molar-refractivity contribution is 0.360. The molecule has 0 saturated carbocycles. The summed E-state index contributed by atoms with van der Waals surface area (Å²) in [6.45, 7) is 7.98. The van der Waals surface area contributed by atoms with Gasteiger partial charge in [0.15, 0.2) is 5.65 Å². The van der Waals surface area contributed by atoms with E-state index in [1.165, 1.54) is 0 Å². The highest BCUT2D eigenvalue weighted by molar-refractivity contribution is 5.84. The number of benzene rings is 1. The van der Waals surface area contributed by atoms with Crippen LogP contribution in [0.1, 0.15) is 17.8 Å². The molecule has 1 aliphatic heterocycles. The molecule has 0 radical (unpaired) electrons. The van der Waals surface area contributed by atoms with Crippen molar-refractivity contribution in [2.45, 2.75) is 20.3 Å². The zero-order chi connectivity index (χ0) is 20.8. The normalized spacial score (nSPS) is 15.8. The minimum Gasteiger partial charge on any atom is -0.422 e. The SMILES string of the molecule is Cc1cn2cc(-c3cc4ccc(N5CCCN(C)CC5)cc4oc3=O)nc2c(C)n1. The van der Waals surface area contributed by atoms with Crippen LogP contribution in [0.15, 0.2) is 45.9 Å². The second-order valence-electron chi connectivity index (χ2n) is 8.14. The van der Waals surface area contributed by atoms with Gasteiger partial charge in [0.25, 0.3) is 0 Å². The molecule has 0 bridgehead atoms. The van der Waals surface area contributed by atoms with Gasteiger partial charge in [-0.05, 0) is 52.1 Å². The molecule has 7 nitrogen and oxygen atoms in total. The molecule has 4 aromatic rings. The Morgan fingerprint density at radius 3 is 2.73 bits per heavy atom. The lowest BCUT2D eigenvalue weighted by Crippen LogP contribution is -2.28. The van der Waals surface area contributed by atoms with Crippen molar-refractivity contribution in [3.63, 3.8) is 0 Å². The van der Waals surface area contributed by atoms with Crippen LogP contribution in [0.5, 0.6) is 0 Å². The highest BCUT2D eigenvalue weighted by atomic mass is 16.4. The van der Waals surface area contributed by atoms with Crippen molar-refractivity contribution < 1.29 is 4.42 Å². The van der Waals surface area contributed by atoms with E-state index in [0.717, 1.165) is 60.7 Å². The summed E-state index contributed by atoms with van der Waals surface area (Å²) in [7, 11) is 2.16. The molecule has 0 unspecified atom stereocenters. The molecule has 1 aromatic carbocycles. The molecule has 0 atom stereocenters. The molecule has 0 N–H and O–H groups in total. The van der Waals surface area contributed by atoms with Crippen LogP contribution in [0.25, 0.3) is 27.9 Å². The number of rotatable bonds is 2. The molecule has 0 amide bonds. The van der Waals surface area contributed by atoms with Crippen LogP contribution in [0.4, 0.5) is 5.69 Å². The zero-order valence-corrected chi connectivity index (χ0v) is 17.6. The fraction of sp³-hybridized carbons (Fsp3) is 0.348. The summed E-state index contributed by atoms with van der Waals surface area (Å²) in [6, 6.07) is 7.99. The quantitative estimate of drug-likeness (QED) is 0.479. The lowest BCUT2D eigenvalue weighted by Gasteiger charge is -2.22. The molecule has 5 rings (SSSR count). The zero-order valence-electron chi connectivity index (χ0n) is 17.6. The standard InChI is InChI=1S/C23H25N5O2/c1-15-13-28-14-20(25-22(28)16(2)24-15)19-11-17-5-6-18(12-21(17)30-23(19)29)27-8-4-7-26(3)9-10-27/h5-6,11-14H,4,7-10H2,1-3H3. The van der Waals surface area contributed by atoms with Crippen LogP contribution in [0.3, 0.4) is 0 Å². The summed E-state index contributed by atoms with van der Waals surface area (Å²) < 4.78 is 7.64. The molecule has 4 heterocycles. The maximum Gasteiger partial charge on any atom is 0.345 e. The summed E-state index contributed by atoms with van der Waals surface area (Å²) in [5.41, 5.74) is 4.88. The van der Waals surface area contributed by atoms with Gasteiger partial charge in [-0.1, -0.05) is 0 Å². The largest absolute Gasteiger partial charge is 0.422 e. The topological polar surface area (TPSA) is 66.9 Å². The summed E-state index contributed by atoms with van der Waals surface area (Å²) in [6.07, 6.45) is 4.89. The first-order valence-corrected chi connectivity index (χ1v) is 10.3. The van der Waals surface area contributed by atoms with Gasteiger partial charge >= 0.3 is 5.63 Å². The molecule has 1 aliphatic rings. The van der Waals surface area contributed by atoms with E-state index in [1.807, 2.05) is 48.8 Å². The summed E-state index contributed by atoms with van der Waals surface area (Å²) >= 11 is 0. The molecule has 1 saturated heterocycles. The number of hydrogen-bond donors (Lipinski definition) is 0. The van der Waals surface area contributed by atoms with Crippen molar-refractivity contribution in [2.75, 3.05) is 38.1 Å². The fourth-order valence-corrected chi connectivity index (χ4v) is 4.21. The Hall–Kier alpha value is -3.19. The average molecular weight is 403 g/mol. The van der Waals surface area contributed by atoms with Gasteiger partial charge in [0.2, 0.25) is 0 Å². The van der Waals surface area contributed by atoms with Crippen LogP contribution in [-0.4, -0.2) is 52.5 Å². The van der Waals surface area contributed by atoms with Crippen molar-refractivity contribution in [3.05, 3.63) is 58.5 Å². The number of imidazole rings is 1. The first kappa shape index (κ1) is 18.8. The third-order valence-corrected chi connectivity index (χ3v) is 5.81. The van der Waals surface area contributed by atoms with E-state index in [9.17, 15) is 4.79 Å². The fourth-order valence-electron chi connectivity index (χ4n) is 4.21.